The first-order valence-electron chi connectivity index (χ1n) is 12.7. The van der Waals surface area contributed by atoms with Gasteiger partial charge in [-0.25, -0.2) is 0 Å². The third kappa shape index (κ3) is 7.36. The van der Waals surface area contributed by atoms with Gasteiger partial charge in [-0.15, -0.1) is 0 Å². The summed E-state index contributed by atoms with van der Waals surface area (Å²) in [5.74, 6) is -4.06. The van der Waals surface area contributed by atoms with E-state index in [1.807, 2.05) is 6.07 Å². The number of piperidine rings is 1. The maximum absolute atomic E-state index is 13.3. The molecule has 1 aliphatic heterocycles. The van der Waals surface area contributed by atoms with Crippen LogP contribution in [0.25, 0.3) is 0 Å². The third-order valence-corrected chi connectivity index (χ3v) is 7.59. The molecule has 1 heterocycles. The van der Waals surface area contributed by atoms with Crippen LogP contribution in [-0.2, 0) is 19.2 Å². The second kappa shape index (κ2) is 10.5. The summed E-state index contributed by atoms with van der Waals surface area (Å²) in [6.45, 7) is 4.55. The largest absolute Gasteiger partial charge is 0.471 e. The van der Waals surface area contributed by atoms with E-state index >= 15 is 0 Å². The first kappa shape index (κ1) is 28.7. The second-order valence-corrected chi connectivity index (χ2v) is 11.8. The van der Waals surface area contributed by atoms with Gasteiger partial charge in [-0.3, -0.25) is 19.2 Å². The zero-order valence-electron chi connectivity index (χ0n) is 21.7. The van der Waals surface area contributed by atoms with Gasteiger partial charge in [0.05, 0.1) is 6.07 Å². The van der Waals surface area contributed by atoms with Crippen LogP contribution in [0.2, 0.25) is 0 Å². The Kier molecular flexibility index (Phi) is 8.15. The van der Waals surface area contributed by atoms with Crippen molar-refractivity contribution >= 4 is 23.6 Å². The predicted octanol–water partition coefficient (Wildman–Crippen LogP) is 2.16. The van der Waals surface area contributed by atoms with E-state index in [9.17, 15) is 37.6 Å². The van der Waals surface area contributed by atoms with Crippen LogP contribution in [0.3, 0.4) is 0 Å². The molecular weight excluding hydrogens is 491 g/mol. The summed E-state index contributed by atoms with van der Waals surface area (Å²) >= 11 is 0. The zero-order valence-corrected chi connectivity index (χ0v) is 21.7. The number of likely N-dealkylation sites (N-methyl/N-ethyl adjacent to an activating group) is 1. The topological polar surface area (TPSA) is 131 Å². The Morgan fingerprint density at radius 2 is 1.73 bits per heavy atom. The highest BCUT2D eigenvalue weighted by molar-refractivity contribution is 5.93. The number of amides is 4. The van der Waals surface area contributed by atoms with Crippen molar-refractivity contribution in [3.05, 3.63) is 0 Å². The molecule has 2 aliphatic carbocycles. The SMILES string of the molecule is CN(C(=O)C(NC(=O)C(F)(F)F)C(C)(C)C)[C@@H](CC1CC1)C(=O)N[C@H](C#N)C[C@@H]1CCC2(CC2)NC1=O. The lowest BCUT2D eigenvalue weighted by Gasteiger charge is -2.37. The average molecular weight is 528 g/mol. The van der Waals surface area contributed by atoms with Crippen molar-refractivity contribution in [3.63, 3.8) is 0 Å². The van der Waals surface area contributed by atoms with Gasteiger partial charge in [0, 0.05) is 18.5 Å². The predicted molar refractivity (Wildman–Crippen MR) is 126 cm³/mol. The van der Waals surface area contributed by atoms with Gasteiger partial charge in [0.2, 0.25) is 17.7 Å². The highest BCUT2D eigenvalue weighted by atomic mass is 19.4. The minimum Gasteiger partial charge on any atom is -0.350 e. The summed E-state index contributed by atoms with van der Waals surface area (Å²) in [6.07, 6.45) is 0.295. The number of carbonyl (C=O) groups excluding carboxylic acids is 4. The molecule has 3 rings (SSSR count). The molecule has 3 N–H and O–H groups in total. The van der Waals surface area contributed by atoms with Crippen molar-refractivity contribution in [2.45, 2.75) is 102 Å². The summed E-state index contributed by atoms with van der Waals surface area (Å²) in [6, 6.07) is -1.52. The van der Waals surface area contributed by atoms with Crippen LogP contribution in [0.4, 0.5) is 13.2 Å². The molecule has 3 aliphatic rings. The number of rotatable bonds is 9. The normalized spacial score (nSPS) is 23.2. The molecule has 37 heavy (non-hydrogen) atoms. The Hall–Kier alpha value is -2.84. The Morgan fingerprint density at radius 3 is 2.19 bits per heavy atom. The number of hydrogen-bond acceptors (Lipinski definition) is 5. The van der Waals surface area contributed by atoms with Crippen LogP contribution in [0.1, 0.15) is 72.1 Å². The lowest BCUT2D eigenvalue weighted by Crippen LogP contribution is -2.60. The van der Waals surface area contributed by atoms with E-state index in [0.717, 1.165) is 37.0 Å². The number of carbonyl (C=O) groups is 4. The van der Waals surface area contributed by atoms with Gasteiger partial charge in [0.1, 0.15) is 18.1 Å². The van der Waals surface area contributed by atoms with Crippen molar-refractivity contribution < 1.29 is 32.3 Å². The fraction of sp³-hybridized carbons (Fsp3) is 0.800. The molecule has 12 heteroatoms. The van der Waals surface area contributed by atoms with Crippen molar-refractivity contribution in [2.24, 2.45) is 17.3 Å². The minimum absolute atomic E-state index is 0.0947. The summed E-state index contributed by atoms with van der Waals surface area (Å²) in [5, 5.41) is 17.1. The lowest BCUT2D eigenvalue weighted by atomic mass is 9.85. The first-order valence-corrected chi connectivity index (χ1v) is 12.7. The number of hydrogen-bond donors (Lipinski definition) is 3. The van der Waals surface area contributed by atoms with Gasteiger partial charge in [-0.1, -0.05) is 33.6 Å². The van der Waals surface area contributed by atoms with Gasteiger partial charge >= 0.3 is 12.1 Å². The molecule has 0 bridgehead atoms. The molecule has 0 aromatic heterocycles. The number of alkyl halides is 3. The van der Waals surface area contributed by atoms with E-state index in [4.69, 9.17) is 0 Å². The van der Waals surface area contributed by atoms with E-state index in [-0.39, 0.29) is 30.2 Å². The lowest BCUT2D eigenvalue weighted by molar-refractivity contribution is -0.176. The molecule has 4 amide bonds. The van der Waals surface area contributed by atoms with Crippen LogP contribution in [0, 0.1) is 28.6 Å². The molecule has 9 nitrogen and oxygen atoms in total. The van der Waals surface area contributed by atoms with E-state index in [0.29, 0.717) is 6.42 Å². The third-order valence-electron chi connectivity index (χ3n) is 7.59. The molecule has 206 valence electrons. The van der Waals surface area contributed by atoms with E-state index in [2.05, 4.69) is 10.6 Å². The van der Waals surface area contributed by atoms with Crippen LogP contribution >= 0.6 is 0 Å². The number of nitriles is 1. The van der Waals surface area contributed by atoms with Gasteiger partial charge in [-0.05, 0) is 49.9 Å². The van der Waals surface area contributed by atoms with Crippen molar-refractivity contribution in [3.8, 4) is 6.07 Å². The van der Waals surface area contributed by atoms with Crippen molar-refractivity contribution in [1.29, 1.82) is 5.26 Å². The van der Waals surface area contributed by atoms with Gasteiger partial charge in [0.25, 0.3) is 0 Å². The maximum Gasteiger partial charge on any atom is 0.471 e. The Labute approximate surface area is 214 Å². The van der Waals surface area contributed by atoms with Crippen molar-refractivity contribution in [1.82, 2.24) is 20.9 Å². The molecule has 1 spiro atoms. The average Bonchev–Trinajstić information content (AvgIpc) is 3.72. The van der Waals surface area contributed by atoms with Crippen LogP contribution in [0.5, 0.6) is 0 Å². The van der Waals surface area contributed by atoms with Crippen LogP contribution in [0.15, 0.2) is 0 Å². The Bertz CT molecular complexity index is 963. The smallest absolute Gasteiger partial charge is 0.350 e. The Morgan fingerprint density at radius 1 is 1.11 bits per heavy atom. The Balaban J connectivity index is 1.70. The highest BCUT2D eigenvalue weighted by Gasteiger charge is 2.49. The van der Waals surface area contributed by atoms with Gasteiger partial charge < -0.3 is 20.9 Å². The van der Waals surface area contributed by atoms with Gasteiger partial charge in [-0.2, -0.15) is 18.4 Å². The molecule has 0 aromatic carbocycles. The van der Waals surface area contributed by atoms with Crippen LogP contribution in [-0.4, -0.2) is 65.4 Å². The molecule has 1 saturated heterocycles. The molecule has 4 atom stereocenters. The molecule has 3 fully saturated rings. The monoisotopic (exact) mass is 527 g/mol. The minimum atomic E-state index is -5.17. The fourth-order valence-electron chi connectivity index (χ4n) is 4.78. The quantitative estimate of drug-likeness (QED) is 0.423. The van der Waals surface area contributed by atoms with Gasteiger partial charge in [0.15, 0.2) is 0 Å². The van der Waals surface area contributed by atoms with E-state index in [1.165, 1.54) is 27.8 Å². The summed E-state index contributed by atoms with van der Waals surface area (Å²) in [5.41, 5.74) is -1.17. The summed E-state index contributed by atoms with van der Waals surface area (Å²) in [7, 11) is 1.32. The van der Waals surface area contributed by atoms with Crippen molar-refractivity contribution in [2.75, 3.05) is 7.05 Å². The second-order valence-electron chi connectivity index (χ2n) is 11.8. The highest BCUT2D eigenvalue weighted by Crippen LogP contribution is 2.44. The maximum atomic E-state index is 13.3. The summed E-state index contributed by atoms with van der Waals surface area (Å²) < 4.78 is 38.8. The van der Waals surface area contributed by atoms with E-state index < -0.39 is 53.4 Å². The number of nitrogens with one attached hydrogen (secondary N) is 3. The zero-order chi connectivity index (χ0) is 27.8. The molecule has 0 radical (unpaired) electrons. The molecule has 1 unspecified atom stereocenters. The number of halogens is 3. The molecule has 2 saturated carbocycles. The first-order chi connectivity index (χ1) is 17.1. The fourth-order valence-corrected chi connectivity index (χ4v) is 4.78. The summed E-state index contributed by atoms with van der Waals surface area (Å²) in [4.78, 5) is 51.8. The van der Waals surface area contributed by atoms with E-state index in [1.54, 1.807) is 5.32 Å². The molecule has 0 aromatic rings. The van der Waals surface area contributed by atoms with Crippen LogP contribution < -0.4 is 16.0 Å². The number of nitrogens with zero attached hydrogens (tertiary/aromatic N) is 2. The standard InChI is InChI=1S/C25H36F3N5O4/c1-23(2,3)18(31-22(37)25(26,27)28)21(36)33(4)17(11-14-5-6-14)20(35)30-16(13-29)12-15-7-8-24(9-10-24)32-19(15)34/h14-18H,5-12H2,1-4H3,(H,30,35)(H,31,37)(H,32,34)/t15-,16-,17-,18?/m0/s1. The molecular formula is C25H36F3N5O4.